The minimum Gasteiger partial charge on any atom is -0.508 e. The summed E-state index contributed by atoms with van der Waals surface area (Å²) in [6, 6.07) is 6.54. The summed E-state index contributed by atoms with van der Waals surface area (Å²) in [5, 5.41) is 20.7. The molecule has 0 aliphatic rings. The number of rotatable bonds is 5. The molecule has 0 bridgehead atoms. The van der Waals surface area contributed by atoms with E-state index in [1.165, 1.54) is 30.7 Å². The molecule has 1 aromatic carbocycles. The summed E-state index contributed by atoms with van der Waals surface area (Å²) in [4.78, 5) is 23.0. The highest BCUT2D eigenvalue weighted by Crippen LogP contribution is 2.12. The molecule has 1 amide bonds. The zero-order valence-corrected chi connectivity index (χ0v) is 10.4. The van der Waals surface area contributed by atoms with E-state index in [1.807, 2.05) is 0 Å². The third-order valence-electron chi connectivity index (χ3n) is 2.76. The SMILES string of the molecule is O=C(NC(Cc1ccc(O)cc1)C(=O)O)c1ccoc1. The number of aliphatic carboxylic acids is 1. The number of nitrogens with one attached hydrogen (secondary N) is 1. The summed E-state index contributed by atoms with van der Waals surface area (Å²) in [7, 11) is 0. The number of carboxylic acid groups (broad SMARTS) is 1. The molecule has 0 radical (unpaired) electrons. The Morgan fingerprint density at radius 2 is 1.90 bits per heavy atom. The van der Waals surface area contributed by atoms with Gasteiger partial charge in [0.25, 0.3) is 5.91 Å². The third-order valence-corrected chi connectivity index (χ3v) is 2.76. The molecule has 0 aliphatic heterocycles. The van der Waals surface area contributed by atoms with Crippen LogP contribution in [0, 0.1) is 0 Å². The molecule has 1 atom stereocenters. The Morgan fingerprint density at radius 1 is 1.20 bits per heavy atom. The summed E-state index contributed by atoms with van der Waals surface area (Å²) in [5.74, 6) is -1.54. The van der Waals surface area contributed by atoms with Gasteiger partial charge in [0.05, 0.1) is 11.8 Å². The number of furan rings is 1. The quantitative estimate of drug-likeness (QED) is 0.766. The summed E-state index contributed by atoms with van der Waals surface area (Å²) in [6.45, 7) is 0. The summed E-state index contributed by atoms with van der Waals surface area (Å²) >= 11 is 0. The first-order valence-electron chi connectivity index (χ1n) is 5.90. The van der Waals surface area contributed by atoms with Gasteiger partial charge >= 0.3 is 5.97 Å². The second-order valence-corrected chi connectivity index (χ2v) is 4.25. The molecule has 2 aromatic rings. The van der Waals surface area contributed by atoms with Gasteiger partial charge in [-0.15, -0.1) is 0 Å². The van der Waals surface area contributed by atoms with Gasteiger partial charge in [-0.3, -0.25) is 4.79 Å². The van der Waals surface area contributed by atoms with Crippen molar-refractivity contribution in [3.05, 3.63) is 54.0 Å². The maximum atomic E-state index is 11.8. The molecule has 20 heavy (non-hydrogen) atoms. The number of carbonyl (C=O) groups is 2. The predicted molar refractivity (Wildman–Crippen MR) is 69.4 cm³/mol. The lowest BCUT2D eigenvalue weighted by Crippen LogP contribution is -2.42. The Morgan fingerprint density at radius 3 is 2.45 bits per heavy atom. The number of amides is 1. The summed E-state index contributed by atoms with van der Waals surface area (Å²) < 4.78 is 4.77. The zero-order chi connectivity index (χ0) is 14.5. The molecule has 1 heterocycles. The van der Waals surface area contributed by atoms with Gasteiger partial charge in [0.15, 0.2) is 0 Å². The van der Waals surface area contributed by atoms with Crippen LogP contribution in [0.2, 0.25) is 0 Å². The van der Waals surface area contributed by atoms with E-state index in [-0.39, 0.29) is 17.7 Å². The highest BCUT2D eigenvalue weighted by molar-refractivity contribution is 5.96. The van der Waals surface area contributed by atoms with Crippen molar-refractivity contribution in [1.82, 2.24) is 5.32 Å². The summed E-state index contributed by atoms with van der Waals surface area (Å²) in [5.41, 5.74) is 0.963. The molecule has 1 unspecified atom stereocenters. The van der Waals surface area contributed by atoms with Crippen molar-refractivity contribution in [3.8, 4) is 5.75 Å². The topological polar surface area (TPSA) is 99.8 Å². The molecule has 6 nitrogen and oxygen atoms in total. The zero-order valence-electron chi connectivity index (χ0n) is 10.4. The van der Waals surface area contributed by atoms with Crippen LogP contribution >= 0.6 is 0 Å². The van der Waals surface area contributed by atoms with Gasteiger partial charge in [-0.05, 0) is 23.8 Å². The van der Waals surface area contributed by atoms with Crippen LogP contribution in [-0.2, 0) is 11.2 Å². The van der Waals surface area contributed by atoms with Crippen molar-refractivity contribution in [2.24, 2.45) is 0 Å². The molecule has 0 aliphatic carbocycles. The van der Waals surface area contributed by atoms with Gasteiger partial charge in [0.2, 0.25) is 0 Å². The smallest absolute Gasteiger partial charge is 0.326 e. The molecule has 104 valence electrons. The average molecular weight is 275 g/mol. The fraction of sp³-hybridized carbons (Fsp3) is 0.143. The van der Waals surface area contributed by atoms with Crippen molar-refractivity contribution in [3.63, 3.8) is 0 Å². The number of carboxylic acids is 1. The van der Waals surface area contributed by atoms with E-state index < -0.39 is 17.9 Å². The predicted octanol–water partition coefficient (Wildman–Crippen LogP) is 1.41. The second-order valence-electron chi connectivity index (χ2n) is 4.25. The monoisotopic (exact) mass is 275 g/mol. The van der Waals surface area contributed by atoms with Crippen molar-refractivity contribution >= 4 is 11.9 Å². The van der Waals surface area contributed by atoms with Crippen molar-refractivity contribution in [1.29, 1.82) is 0 Å². The lowest BCUT2D eigenvalue weighted by molar-refractivity contribution is -0.139. The molecule has 6 heteroatoms. The van der Waals surface area contributed by atoms with Gasteiger partial charge in [-0.2, -0.15) is 0 Å². The molecule has 0 spiro atoms. The van der Waals surface area contributed by atoms with Gasteiger partial charge < -0.3 is 19.9 Å². The van der Waals surface area contributed by atoms with Crippen LogP contribution < -0.4 is 5.32 Å². The molecule has 0 saturated heterocycles. The third kappa shape index (κ3) is 3.38. The van der Waals surface area contributed by atoms with Crippen LogP contribution in [0.15, 0.2) is 47.3 Å². The second kappa shape index (κ2) is 5.92. The Hall–Kier alpha value is -2.76. The number of benzene rings is 1. The fourth-order valence-corrected chi connectivity index (χ4v) is 1.70. The maximum absolute atomic E-state index is 11.8. The van der Waals surface area contributed by atoms with Gasteiger partial charge in [-0.1, -0.05) is 12.1 Å². The van der Waals surface area contributed by atoms with Crippen LogP contribution in [0.25, 0.3) is 0 Å². The largest absolute Gasteiger partial charge is 0.508 e. The van der Waals surface area contributed by atoms with E-state index >= 15 is 0 Å². The standard InChI is InChI=1S/C14H13NO5/c16-11-3-1-9(2-4-11)7-12(14(18)19)15-13(17)10-5-6-20-8-10/h1-6,8,12,16H,7H2,(H,15,17)(H,18,19). The van der Waals surface area contributed by atoms with Crippen LogP contribution in [-0.4, -0.2) is 28.1 Å². The highest BCUT2D eigenvalue weighted by Gasteiger charge is 2.21. The number of phenols is 1. The highest BCUT2D eigenvalue weighted by atomic mass is 16.4. The first-order valence-corrected chi connectivity index (χ1v) is 5.90. The number of hydrogen-bond acceptors (Lipinski definition) is 4. The lowest BCUT2D eigenvalue weighted by Gasteiger charge is -2.14. The number of hydrogen-bond donors (Lipinski definition) is 3. The first kappa shape index (κ1) is 13.7. The van der Waals surface area contributed by atoms with Gasteiger partial charge in [0, 0.05) is 6.42 Å². The number of phenolic OH excluding ortho intramolecular Hbond substituents is 1. The first-order chi connectivity index (χ1) is 9.56. The Bertz CT molecular complexity index is 589. The minimum absolute atomic E-state index is 0.100. The Labute approximate surface area is 114 Å². The van der Waals surface area contributed by atoms with Crippen LogP contribution in [0.5, 0.6) is 5.75 Å². The van der Waals surface area contributed by atoms with Crippen molar-refractivity contribution < 1.29 is 24.2 Å². The molecule has 0 saturated carbocycles. The normalized spacial score (nSPS) is 11.8. The van der Waals surface area contributed by atoms with Crippen molar-refractivity contribution in [2.45, 2.75) is 12.5 Å². The number of carbonyl (C=O) groups excluding carboxylic acids is 1. The van der Waals surface area contributed by atoms with E-state index in [9.17, 15) is 14.7 Å². The maximum Gasteiger partial charge on any atom is 0.326 e. The Balaban J connectivity index is 2.06. The van der Waals surface area contributed by atoms with E-state index in [1.54, 1.807) is 12.1 Å². The molecule has 0 fully saturated rings. The van der Waals surface area contributed by atoms with E-state index in [0.717, 1.165) is 0 Å². The average Bonchev–Trinajstić information content (AvgIpc) is 2.94. The summed E-state index contributed by atoms with van der Waals surface area (Å²) in [6.07, 6.45) is 2.71. The molecular weight excluding hydrogens is 262 g/mol. The van der Waals surface area contributed by atoms with Gasteiger partial charge in [0.1, 0.15) is 18.1 Å². The van der Waals surface area contributed by atoms with Crippen LogP contribution in [0.1, 0.15) is 15.9 Å². The number of aromatic hydroxyl groups is 1. The van der Waals surface area contributed by atoms with Crippen LogP contribution in [0.4, 0.5) is 0 Å². The molecule has 2 rings (SSSR count). The fourth-order valence-electron chi connectivity index (χ4n) is 1.70. The minimum atomic E-state index is -1.13. The molecular formula is C14H13NO5. The van der Waals surface area contributed by atoms with E-state index in [0.29, 0.717) is 5.56 Å². The van der Waals surface area contributed by atoms with E-state index in [4.69, 9.17) is 9.52 Å². The van der Waals surface area contributed by atoms with E-state index in [2.05, 4.69) is 5.32 Å². The Kier molecular flexibility index (Phi) is 4.05. The molecule has 3 N–H and O–H groups in total. The molecule has 1 aromatic heterocycles. The van der Waals surface area contributed by atoms with Crippen molar-refractivity contribution in [2.75, 3.05) is 0 Å². The lowest BCUT2D eigenvalue weighted by atomic mass is 10.1. The van der Waals surface area contributed by atoms with Gasteiger partial charge in [-0.25, -0.2) is 4.79 Å². The van der Waals surface area contributed by atoms with Crippen LogP contribution in [0.3, 0.4) is 0 Å².